The highest BCUT2D eigenvalue weighted by atomic mass is 32.2. The molecule has 0 unspecified atom stereocenters. The zero-order valence-electron chi connectivity index (χ0n) is 10.2. The Morgan fingerprint density at radius 1 is 1.10 bits per heavy atom. The van der Waals surface area contributed by atoms with Crippen LogP contribution in [0.25, 0.3) is 0 Å². The van der Waals surface area contributed by atoms with Gasteiger partial charge in [0.05, 0.1) is 4.90 Å². The number of sulfonamides is 1. The van der Waals surface area contributed by atoms with E-state index in [0.717, 1.165) is 18.2 Å². The number of primary sulfonamides is 1. The van der Waals surface area contributed by atoms with E-state index in [9.17, 15) is 17.6 Å². The minimum atomic E-state index is -4.07. The lowest BCUT2D eigenvalue weighted by molar-refractivity contribution is 0.102. The largest absolute Gasteiger partial charge is 0.322 e. The summed E-state index contributed by atoms with van der Waals surface area (Å²) in [4.78, 5) is 11.5. The maximum absolute atomic E-state index is 13.4. The van der Waals surface area contributed by atoms with Crippen LogP contribution in [0.2, 0.25) is 0 Å². The fourth-order valence-electron chi connectivity index (χ4n) is 1.58. The molecule has 0 atom stereocenters. The number of carbonyl (C=O) groups excluding carboxylic acids is 1. The summed E-state index contributed by atoms with van der Waals surface area (Å²) >= 11 is 0. The molecule has 2 aromatic carbocycles. The number of nitrogens with two attached hydrogens (primary N) is 1. The van der Waals surface area contributed by atoms with Crippen LogP contribution >= 0.6 is 0 Å². The minimum absolute atomic E-state index is 0.127. The summed E-state index contributed by atoms with van der Waals surface area (Å²) in [6.07, 6.45) is 0. The zero-order valence-corrected chi connectivity index (χ0v) is 11.0. The van der Waals surface area contributed by atoms with Crippen LogP contribution < -0.4 is 10.5 Å². The number of nitrogens with one attached hydrogen (secondary N) is 1. The highest BCUT2D eigenvalue weighted by molar-refractivity contribution is 7.89. The first-order valence-electron chi connectivity index (χ1n) is 5.56. The number of hydrogen-bond donors (Lipinski definition) is 2. The Morgan fingerprint density at radius 2 is 1.75 bits per heavy atom. The Kier molecular flexibility index (Phi) is 3.82. The molecule has 0 bridgehead atoms. The second-order valence-corrected chi connectivity index (χ2v) is 5.60. The quantitative estimate of drug-likeness (QED) is 0.903. The van der Waals surface area contributed by atoms with E-state index in [1.165, 1.54) is 0 Å². The molecule has 2 aromatic rings. The number of amides is 1. The monoisotopic (exact) mass is 294 g/mol. The van der Waals surface area contributed by atoms with Gasteiger partial charge in [-0.15, -0.1) is 0 Å². The van der Waals surface area contributed by atoms with Gasteiger partial charge in [-0.3, -0.25) is 4.79 Å². The van der Waals surface area contributed by atoms with Gasteiger partial charge in [0.1, 0.15) is 5.82 Å². The highest BCUT2D eigenvalue weighted by Gasteiger charge is 2.15. The Balaban J connectivity index is 2.33. The molecule has 3 N–H and O–H groups in total. The summed E-state index contributed by atoms with van der Waals surface area (Å²) in [6.45, 7) is 0. The molecular formula is C13H11FN2O3S. The fourth-order valence-corrected chi connectivity index (χ4v) is 2.15. The van der Waals surface area contributed by atoms with Gasteiger partial charge in [-0.1, -0.05) is 18.2 Å². The predicted molar refractivity (Wildman–Crippen MR) is 72.2 cm³/mol. The molecule has 0 aliphatic heterocycles. The van der Waals surface area contributed by atoms with E-state index in [0.29, 0.717) is 5.69 Å². The van der Waals surface area contributed by atoms with Gasteiger partial charge in [-0.05, 0) is 30.3 Å². The molecule has 20 heavy (non-hydrogen) atoms. The van der Waals surface area contributed by atoms with Gasteiger partial charge in [0, 0.05) is 11.3 Å². The average Bonchev–Trinajstić information content (AvgIpc) is 2.38. The van der Waals surface area contributed by atoms with Crippen molar-refractivity contribution in [3.8, 4) is 0 Å². The van der Waals surface area contributed by atoms with Crippen molar-refractivity contribution < 1.29 is 17.6 Å². The zero-order chi connectivity index (χ0) is 14.8. The van der Waals surface area contributed by atoms with Crippen LogP contribution in [0.1, 0.15) is 10.4 Å². The number of carbonyl (C=O) groups is 1. The maximum Gasteiger partial charge on any atom is 0.255 e. The maximum atomic E-state index is 13.4. The van der Waals surface area contributed by atoms with Gasteiger partial charge < -0.3 is 5.32 Å². The molecule has 0 heterocycles. The molecule has 0 aromatic heterocycles. The molecule has 5 nitrogen and oxygen atoms in total. The summed E-state index contributed by atoms with van der Waals surface area (Å²) in [5.74, 6) is -1.48. The molecule has 0 fully saturated rings. The first-order chi connectivity index (χ1) is 9.36. The third kappa shape index (κ3) is 3.40. The van der Waals surface area contributed by atoms with Crippen molar-refractivity contribution in [3.63, 3.8) is 0 Å². The molecule has 2 rings (SSSR count). The van der Waals surface area contributed by atoms with Crippen LogP contribution in [0.15, 0.2) is 53.4 Å². The lowest BCUT2D eigenvalue weighted by atomic mass is 10.2. The van der Waals surface area contributed by atoms with Crippen molar-refractivity contribution in [2.75, 3.05) is 5.32 Å². The third-order valence-corrected chi connectivity index (χ3v) is 3.39. The van der Waals surface area contributed by atoms with E-state index in [1.807, 2.05) is 0 Å². The van der Waals surface area contributed by atoms with Crippen LogP contribution in [-0.4, -0.2) is 14.3 Å². The first kappa shape index (κ1) is 14.2. The predicted octanol–water partition coefficient (Wildman–Crippen LogP) is 1.73. The van der Waals surface area contributed by atoms with Crippen molar-refractivity contribution in [3.05, 3.63) is 59.9 Å². The summed E-state index contributed by atoms with van der Waals surface area (Å²) in [5, 5.41) is 7.44. The lowest BCUT2D eigenvalue weighted by Gasteiger charge is -2.06. The molecular weight excluding hydrogens is 283 g/mol. The minimum Gasteiger partial charge on any atom is -0.322 e. The SMILES string of the molecule is NS(=O)(=O)c1cc(F)cc(C(=O)Nc2ccccc2)c1. The molecule has 7 heteroatoms. The molecule has 0 spiro atoms. The Hall–Kier alpha value is -2.25. The number of halogens is 1. The third-order valence-electron chi connectivity index (χ3n) is 2.49. The molecule has 0 radical (unpaired) electrons. The normalized spacial score (nSPS) is 11.1. The molecule has 0 aliphatic carbocycles. The van der Waals surface area contributed by atoms with Gasteiger partial charge in [0.15, 0.2) is 0 Å². The van der Waals surface area contributed by atoms with E-state index >= 15 is 0 Å². The second-order valence-electron chi connectivity index (χ2n) is 4.04. The van der Waals surface area contributed by atoms with Gasteiger partial charge in [0.25, 0.3) is 5.91 Å². The van der Waals surface area contributed by atoms with Crippen LogP contribution in [0, 0.1) is 5.82 Å². The topological polar surface area (TPSA) is 89.3 Å². The second kappa shape index (κ2) is 5.40. The molecule has 0 saturated heterocycles. The lowest BCUT2D eigenvalue weighted by Crippen LogP contribution is -2.16. The van der Waals surface area contributed by atoms with Crippen molar-refractivity contribution in [1.29, 1.82) is 0 Å². The van der Waals surface area contributed by atoms with Crippen LogP contribution in [0.3, 0.4) is 0 Å². The van der Waals surface area contributed by atoms with E-state index in [2.05, 4.69) is 5.32 Å². The van der Waals surface area contributed by atoms with Crippen LogP contribution in [-0.2, 0) is 10.0 Å². The summed E-state index contributed by atoms with van der Waals surface area (Å²) in [6, 6.07) is 11.2. The van der Waals surface area contributed by atoms with Crippen LogP contribution in [0.4, 0.5) is 10.1 Å². The smallest absolute Gasteiger partial charge is 0.255 e. The van der Waals surface area contributed by atoms with E-state index in [-0.39, 0.29) is 5.56 Å². The number of hydrogen-bond acceptors (Lipinski definition) is 3. The van der Waals surface area contributed by atoms with Gasteiger partial charge in [-0.2, -0.15) is 0 Å². The first-order valence-corrected chi connectivity index (χ1v) is 7.11. The van der Waals surface area contributed by atoms with Crippen molar-refractivity contribution >= 4 is 21.6 Å². The standard InChI is InChI=1S/C13H11FN2O3S/c14-10-6-9(7-12(8-10)20(15,18)19)13(17)16-11-4-2-1-3-5-11/h1-8H,(H,16,17)(H2,15,18,19). The van der Waals surface area contributed by atoms with E-state index in [1.54, 1.807) is 30.3 Å². The number of rotatable bonds is 3. The van der Waals surface area contributed by atoms with Crippen molar-refractivity contribution in [2.24, 2.45) is 5.14 Å². The van der Waals surface area contributed by atoms with Crippen molar-refractivity contribution in [1.82, 2.24) is 0 Å². The fraction of sp³-hybridized carbons (Fsp3) is 0. The average molecular weight is 294 g/mol. The summed E-state index contributed by atoms with van der Waals surface area (Å²) in [5.41, 5.74) is 0.386. The van der Waals surface area contributed by atoms with Crippen LogP contribution in [0.5, 0.6) is 0 Å². The Morgan fingerprint density at radius 3 is 2.35 bits per heavy atom. The van der Waals surface area contributed by atoms with Gasteiger partial charge >= 0.3 is 0 Å². The van der Waals surface area contributed by atoms with Gasteiger partial charge in [0.2, 0.25) is 10.0 Å². The number of benzene rings is 2. The summed E-state index contributed by atoms with van der Waals surface area (Å²) < 4.78 is 35.8. The number of para-hydroxylation sites is 1. The van der Waals surface area contributed by atoms with Gasteiger partial charge in [-0.25, -0.2) is 17.9 Å². The van der Waals surface area contributed by atoms with E-state index < -0.39 is 26.6 Å². The Labute approximate surface area is 115 Å². The molecule has 0 saturated carbocycles. The molecule has 1 amide bonds. The number of anilines is 1. The Bertz CT molecular complexity index is 745. The highest BCUT2D eigenvalue weighted by Crippen LogP contribution is 2.15. The summed E-state index contributed by atoms with van der Waals surface area (Å²) in [7, 11) is -4.07. The molecule has 104 valence electrons. The van der Waals surface area contributed by atoms with E-state index in [4.69, 9.17) is 5.14 Å². The van der Waals surface area contributed by atoms with Crippen molar-refractivity contribution in [2.45, 2.75) is 4.90 Å². The molecule has 0 aliphatic rings.